The standard InChI is InChI=1S/C23H17F2N3O2/c24-23(25)30-16-10-8-15(9-11-16)14-27-22(29)18-13-21(20-7-3-4-12-26-20)28-19-6-2-1-5-17(18)19/h1-13,23H,14H2,(H,27,29). The van der Waals surface area contributed by atoms with Gasteiger partial charge in [0.1, 0.15) is 5.75 Å². The summed E-state index contributed by atoms with van der Waals surface area (Å²) in [6.07, 6.45) is 1.67. The molecule has 0 saturated carbocycles. The van der Waals surface area contributed by atoms with Gasteiger partial charge in [0.2, 0.25) is 0 Å². The van der Waals surface area contributed by atoms with Crippen molar-refractivity contribution in [2.24, 2.45) is 0 Å². The normalized spacial score (nSPS) is 10.9. The fraction of sp³-hybridized carbons (Fsp3) is 0.0870. The van der Waals surface area contributed by atoms with E-state index in [0.717, 1.165) is 10.9 Å². The van der Waals surface area contributed by atoms with Gasteiger partial charge >= 0.3 is 6.61 Å². The van der Waals surface area contributed by atoms with E-state index < -0.39 is 6.61 Å². The highest BCUT2D eigenvalue weighted by Crippen LogP contribution is 2.24. The molecule has 0 bridgehead atoms. The Morgan fingerprint density at radius 2 is 1.73 bits per heavy atom. The van der Waals surface area contributed by atoms with E-state index >= 15 is 0 Å². The lowest BCUT2D eigenvalue weighted by Crippen LogP contribution is -2.23. The highest BCUT2D eigenvalue weighted by Gasteiger charge is 2.14. The minimum Gasteiger partial charge on any atom is -0.435 e. The molecule has 2 aromatic carbocycles. The van der Waals surface area contributed by atoms with E-state index in [1.54, 1.807) is 24.4 Å². The Morgan fingerprint density at radius 3 is 2.47 bits per heavy atom. The van der Waals surface area contributed by atoms with Crippen LogP contribution in [0.5, 0.6) is 5.75 Å². The van der Waals surface area contributed by atoms with Gasteiger partial charge in [0.25, 0.3) is 5.91 Å². The lowest BCUT2D eigenvalue weighted by Gasteiger charge is -2.11. The number of carbonyl (C=O) groups excluding carboxylic acids is 1. The maximum absolute atomic E-state index is 12.9. The van der Waals surface area contributed by atoms with Crippen LogP contribution < -0.4 is 10.1 Å². The number of fused-ring (bicyclic) bond motifs is 1. The third-order valence-electron chi connectivity index (χ3n) is 4.49. The average molecular weight is 405 g/mol. The molecule has 2 aromatic heterocycles. The van der Waals surface area contributed by atoms with E-state index in [-0.39, 0.29) is 18.2 Å². The van der Waals surface area contributed by atoms with E-state index in [0.29, 0.717) is 22.5 Å². The first-order chi connectivity index (χ1) is 14.6. The molecule has 4 rings (SSSR count). The third kappa shape index (κ3) is 4.41. The summed E-state index contributed by atoms with van der Waals surface area (Å²) in [5, 5.41) is 3.60. The first-order valence-electron chi connectivity index (χ1n) is 9.23. The number of nitrogens with one attached hydrogen (secondary N) is 1. The van der Waals surface area contributed by atoms with Gasteiger partial charge in [-0.1, -0.05) is 36.4 Å². The summed E-state index contributed by atoms with van der Waals surface area (Å²) in [6.45, 7) is -2.63. The number of benzene rings is 2. The number of para-hydroxylation sites is 1. The summed E-state index contributed by atoms with van der Waals surface area (Å²) < 4.78 is 28.8. The van der Waals surface area contributed by atoms with Gasteiger partial charge < -0.3 is 10.1 Å². The zero-order valence-electron chi connectivity index (χ0n) is 15.8. The van der Waals surface area contributed by atoms with Crippen molar-refractivity contribution in [3.05, 3.63) is 90.1 Å². The molecule has 0 atom stereocenters. The number of alkyl halides is 2. The number of halogens is 2. The lowest BCUT2D eigenvalue weighted by molar-refractivity contribution is -0.0498. The monoisotopic (exact) mass is 405 g/mol. The summed E-state index contributed by atoms with van der Waals surface area (Å²) in [6, 6.07) is 20.8. The number of amides is 1. The molecule has 30 heavy (non-hydrogen) atoms. The maximum Gasteiger partial charge on any atom is 0.387 e. The molecule has 150 valence electrons. The third-order valence-corrected chi connectivity index (χ3v) is 4.49. The molecule has 0 spiro atoms. The van der Waals surface area contributed by atoms with Crippen LogP contribution in [0.2, 0.25) is 0 Å². The van der Waals surface area contributed by atoms with E-state index in [2.05, 4.69) is 20.0 Å². The number of nitrogens with zero attached hydrogens (tertiary/aromatic N) is 2. The molecule has 0 aliphatic rings. The quantitative estimate of drug-likeness (QED) is 0.499. The lowest BCUT2D eigenvalue weighted by atomic mass is 10.1. The van der Waals surface area contributed by atoms with Crippen molar-refractivity contribution in [2.75, 3.05) is 0 Å². The second kappa shape index (κ2) is 8.65. The SMILES string of the molecule is O=C(NCc1ccc(OC(F)F)cc1)c1cc(-c2ccccn2)nc2ccccc12. The van der Waals surface area contributed by atoms with Crippen LogP contribution in [0.1, 0.15) is 15.9 Å². The Bertz CT molecular complexity index is 1170. The summed E-state index contributed by atoms with van der Waals surface area (Å²) in [7, 11) is 0. The molecule has 2 heterocycles. The van der Waals surface area contributed by atoms with Crippen LogP contribution in [0, 0.1) is 0 Å². The molecule has 0 radical (unpaired) electrons. The van der Waals surface area contributed by atoms with Crippen molar-refractivity contribution in [1.82, 2.24) is 15.3 Å². The number of ether oxygens (including phenoxy) is 1. The van der Waals surface area contributed by atoms with Crippen molar-refractivity contribution in [3.8, 4) is 17.1 Å². The zero-order chi connectivity index (χ0) is 20.9. The first-order valence-corrected chi connectivity index (χ1v) is 9.23. The van der Waals surface area contributed by atoms with Crippen molar-refractivity contribution in [2.45, 2.75) is 13.2 Å². The summed E-state index contributed by atoms with van der Waals surface area (Å²) >= 11 is 0. The summed E-state index contributed by atoms with van der Waals surface area (Å²) in [5.41, 5.74) is 3.21. The maximum atomic E-state index is 12.9. The molecular formula is C23H17F2N3O2. The molecule has 0 unspecified atom stereocenters. The van der Waals surface area contributed by atoms with Crippen molar-refractivity contribution < 1.29 is 18.3 Å². The molecular weight excluding hydrogens is 388 g/mol. The first kappa shape index (κ1) is 19.4. The highest BCUT2D eigenvalue weighted by atomic mass is 19.3. The second-order valence-electron chi connectivity index (χ2n) is 6.49. The van der Waals surface area contributed by atoms with E-state index in [4.69, 9.17) is 0 Å². The molecule has 1 amide bonds. The van der Waals surface area contributed by atoms with Crippen LogP contribution in [0.3, 0.4) is 0 Å². The van der Waals surface area contributed by atoms with Gasteiger partial charge in [0.05, 0.1) is 22.5 Å². The minimum atomic E-state index is -2.87. The van der Waals surface area contributed by atoms with Crippen LogP contribution in [0.15, 0.2) is 79.0 Å². The molecule has 0 aliphatic carbocycles. The van der Waals surface area contributed by atoms with Crippen molar-refractivity contribution >= 4 is 16.8 Å². The molecule has 7 heteroatoms. The minimum absolute atomic E-state index is 0.0696. The molecule has 0 saturated heterocycles. The average Bonchev–Trinajstić information content (AvgIpc) is 2.78. The largest absolute Gasteiger partial charge is 0.435 e. The van der Waals surface area contributed by atoms with Crippen LogP contribution >= 0.6 is 0 Å². The van der Waals surface area contributed by atoms with Gasteiger partial charge in [-0.3, -0.25) is 9.78 Å². The molecule has 4 aromatic rings. The predicted octanol–water partition coefficient (Wildman–Crippen LogP) is 4.83. The van der Waals surface area contributed by atoms with Crippen LogP contribution in [0.25, 0.3) is 22.3 Å². The number of hydrogen-bond acceptors (Lipinski definition) is 4. The smallest absolute Gasteiger partial charge is 0.387 e. The number of hydrogen-bond donors (Lipinski definition) is 1. The topological polar surface area (TPSA) is 64.1 Å². The number of aromatic nitrogens is 2. The van der Waals surface area contributed by atoms with Crippen molar-refractivity contribution in [3.63, 3.8) is 0 Å². The van der Waals surface area contributed by atoms with Crippen molar-refractivity contribution in [1.29, 1.82) is 0 Å². The fourth-order valence-corrected chi connectivity index (χ4v) is 3.08. The van der Waals surface area contributed by atoms with Gasteiger partial charge in [-0.15, -0.1) is 0 Å². The summed E-state index contributed by atoms with van der Waals surface area (Å²) in [5.74, 6) is -0.195. The Labute approximate surface area is 171 Å². The summed E-state index contributed by atoms with van der Waals surface area (Å²) in [4.78, 5) is 21.9. The van der Waals surface area contributed by atoms with Gasteiger partial charge in [-0.2, -0.15) is 8.78 Å². The van der Waals surface area contributed by atoms with E-state index in [1.165, 1.54) is 12.1 Å². The van der Waals surface area contributed by atoms with Gasteiger partial charge in [-0.05, 0) is 42.0 Å². The Kier molecular flexibility index (Phi) is 5.61. The number of pyridine rings is 2. The van der Waals surface area contributed by atoms with Crippen LogP contribution in [-0.4, -0.2) is 22.5 Å². The second-order valence-corrected chi connectivity index (χ2v) is 6.49. The predicted molar refractivity (Wildman–Crippen MR) is 109 cm³/mol. The van der Waals surface area contributed by atoms with E-state index in [9.17, 15) is 13.6 Å². The molecule has 5 nitrogen and oxygen atoms in total. The fourth-order valence-electron chi connectivity index (χ4n) is 3.08. The Morgan fingerprint density at radius 1 is 0.967 bits per heavy atom. The van der Waals surface area contributed by atoms with Gasteiger partial charge in [-0.25, -0.2) is 4.98 Å². The van der Waals surface area contributed by atoms with Crippen LogP contribution in [0.4, 0.5) is 8.78 Å². The Balaban J connectivity index is 1.58. The van der Waals surface area contributed by atoms with Gasteiger partial charge in [0, 0.05) is 18.1 Å². The van der Waals surface area contributed by atoms with Gasteiger partial charge in [0.15, 0.2) is 0 Å². The highest BCUT2D eigenvalue weighted by molar-refractivity contribution is 6.07. The van der Waals surface area contributed by atoms with E-state index in [1.807, 2.05) is 42.5 Å². The zero-order valence-corrected chi connectivity index (χ0v) is 15.8. The Hall–Kier alpha value is -3.87. The number of carbonyl (C=O) groups is 1. The molecule has 1 N–H and O–H groups in total. The van der Waals surface area contributed by atoms with Crippen LogP contribution in [-0.2, 0) is 6.54 Å². The molecule has 0 fully saturated rings. The molecule has 0 aliphatic heterocycles. The number of rotatable bonds is 6.